The van der Waals surface area contributed by atoms with Crippen LogP contribution in [0.4, 0.5) is 0 Å². The van der Waals surface area contributed by atoms with Gasteiger partial charge in [-0.1, -0.05) is 18.2 Å². The topological polar surface area (TPSA) is 47.0 Å². The first-order valence-corrected chi connectivity index (χ1v) is 5.90. The summed E-state index contributed by atoms with van der Waals surface area (Å²) in [6.45, 7) is 0.751. The molecule has 1 aromatic heterocycles. The van der Waals surface area contributed by atoms with Gasteiger partial charge in [-0.15, -0.1) is 0 Å². The highest BCUT2D eigenvalue weighted by Crippen LogP contribution is 2.19. The van der Waals surface area contributed by atoms with Gasteiger partial charge >= 0.3 is 0 Å². The van der Waals surface area contributed by atoms with Crippen molar-refractivity contribution in [2.24, 2.45) is 0 Å². The average molecular weight is 243 g/mol. The van der Waals surface area contributed by atoms with E-state index in [4.69, 9.17) is 4.74 Å². The molecule has 0 aliphatic heterocycles. The first-order valence-electron chi connectivity index (χ1n) is 5.90. The molecule has 0 aliphatic rings. The summed E-state index contributed by atoms with van der Waals surface area (Å²) in [5, 5.41) is 3.08. The van der Waals surface area contributed by atoms with Gasteiger partial charge in [0.1, 0.15) is 11.6 Å². The van der Waals surface area contributed by atoms with E-state index in [0.29, 0.717) is 6.42 Å². The number of hydrogen-bond acceptors (Lipinski definition) is 4. The van der Waals surface area contributed by atoms with Gasteiger partial charge < -0.3 is 10.1 Å². The molecule has 94 valence electrons. The molecule has 4 nitrogen and oxygen atoms in total. The molecule has 1 aromatic carbocycles. The summed E-state index contributed by atoms with van der Waals surface area (Å²) in [4.78, 5) is 8.80. The second kappa shape index (κ2) is 6.12. The van der Waals surface area contributed by atoms with Crippen molar-refractivity contribution < 1.29 is 4.74 Å². The Hall–Kier alpha value is -1.94. The number of hydrogen-bond donors (Lipinski definition) is 1. The molecule has 0 aliphatic carbocycles. The number of methoxy groups -OCH3 is 1. The Balaban J connectivity index is 2.20. The van der Waals surface area contributed by atoms with Gasteiger partial charge in [0.15, 0.2) is 0 Å². The summed E-state index contributed by atoms with van der Waals surface area (Å²) in [5.74, 6) is 1.69. The Bertz CT molecular complexity index is 514. The van der Waals surface area contributed by atoms with Crippen LogP contribution in [0.5, 0.6) is 5.75 Å². The highest BCUT2D eigenvalue weighted by Gasteiger charge is 2.05. The molecule has 0 bridgehead atoms. The van der Waals surface area contributed by atoms with Gasteiger partial charge in [0.25, 0.3) is 0 Å². The summed E-state index contributed by atoms with van der Waals surface area (Å²) in [6, 6.07) is 9.86. The van der Waals surface area contributed by atoms with E-state index in [1.165, 1.54) is 0 Å². The number of aromatic nitrogens is 2. The molecular weight excluding hydrogens is 226 g/mol. The lowest BCUT2D eigenvalue weighted by atomic mass is 10.1. The fourth-order valence-corrected chi connectivity index (χ4v) is 1.83. The van der Waals surface area contributed by atoms with Gasteiger partial charge in [-0.2, -0.15) is 0 Å². The van der Waals surface area contributed by atoms with Crippen LogP contribution in [0.1, 0.15) is 17.1 Å². The quantitative estimate of drug-likeness (QED) is 0.869. The minimum Gasteiger partial charge on any atom is -0.496 e. The zero-order valence-electron chi connectivity index (χ0n) is 10.7. The van der Waals surface area contributed by atoms with E-state index in [1.807, 2.05) is 37.4 Å². The van der Waals surface area contributed by atoms with Crippen molar-refractivity contribution in [2.75, 3.05) is 14.2 Å². The lowest BCUT2D eigenvalue weighted by molar-refractivity contribution is 0.410. The van der Waals surface area contributed by atoms with E-state index >= 15 is 0 Å². The Morgan fingerprint density at radius 3 is 2.83 bits per heavy atom. The number of nitrogens with zero attached hydrogens (tertiary/aromatic N) is 2. The molecule has 1 heterocycles. The van der Waals surface area contributed by atoms with E-state index in [9.17, 15) is 0 Å². The Morgan fingerprint density at radius 1 is 1.22 bits per heavy atom. The average Bonchev–Trinajstić information content (AvgIpc) is 2.40. The molecule has 0 amide bonds. The Morgan fingerprint density at radius 2 is 2.06 bits per heavy atom. The molecule has 4 heteroatoms. The van der Waals surface area contributed by atoms with Crippen molar-refractivity contribution in [2.45, 2.75) is 13.0 Å². The highest BCUT2D eigenvalue weighted by atomic mass is 16.5. The fraction of sp³-hybridized carbons (Fsp3) is 0.286. The summed E-state index contributed by atoms with van der Waals surface area (Å²) < 4.78 is 5.33. The number of rotatable bonds is 5. The third-order valence-electron chi connectivity index (χ3n) is 2.66. The molecule has 0 saturated carbocycles. The molecule has 0 saturated heterocycles. The smallest absolute Gasteiger partial charge is 0.133 e. The van der Waals surface area contributed by atoms with E-state index in [-0.39, 0.29) is 0 Å². The van der Waals surface area contributed by atoms with Gasteiger partial charge in [-0.25, -0.2) is 9.97 Å². The third kappa shape index (κ3) is 3.05. The largest absolute Gasteiger partial charge is 0.496 e. The molecule has 0 unspecified atom stereocenters. The summed E-state index contributed by atoms with van der Waals surface area (Å²) in [7, 11) is 3.58. The zero-order chi connectivity index (χ0) is 12.8. The number of nitrogens with one attached hydrogen (secondary N) is 1. The van der Waals surface area contributed by atoms with Gasteiger partial charge in [0.2, 0.25) is 0 Å². The maximum Gasteiger partial charge on any atom is 0.133 e. The van der Waals surface area contributed by atoms with E-state index < -0.39 is 0 Å². The zero-order valence-corrected chi connectivity index (χ0v) is 10.7. The summed E-state index contributed by atoms with van der Waals surface area (Å²) in [6.07, 6.45) is 2.48. The monoisotopic (exact) mass is 243 g/mol. The van der Waals surface area contributed by atoms with Crippen molar-refractivity contribution >= 4 is 0 Å². The first kappa shape index (κ1) is 12.5. The van der Waals surface area contributed by atoms with Crippen LogP contribution >= 0.6 is 0 Å². The predicted octanol–water partition coefficient (Wildman–Crippen LogP) is 1.80. The van der Waals surface area contributed by atoms with Crippen LogP contribution in [0.2, 0.25) is 0 Å². The summed E-state index contributed by atoms with van der Waals surface area (Å²) in [5.41, 5.74) is 2.10. The maximum absolute atomic E-state index is 5.33. The minimum absolute atomic E-state index is 0.682. The summed E-state index contributed by atoms with van der Waals surface area (Å²) >= 11 is 0. The molecule has 2 aromatic rings. The van der Waals surface area contributed by atoms with Crippen LogP contribution in [-0.4, -0.2) is 24.1 Å². The highest BCUT2D eigenvalue weighted by molar-refractivity contribution is 5.35. The van der Waals surface area contributed by atoms with Gasteiger partial charge in [0.05, 0.1) is 12.8 Å². The first-order chi connectivity index (χ1) is 8.83. The predicted molar refractivity (Wildman–Crippen MR) is 70.6 cm³/mol. The molecule has 2 rings (SSSR count). The van der Waals surface area contributed by atoms with Gasteiger partial charge in [0, 0.05) is 24.7 Å². The Labute approximate surface area is 107 Å². The van der Waals surface area contributed by atoms with Crippen LogP contribution in [0.3, 0.4) is 0 Å². The van der Waals surface area contributed by atoms with E-state index in [1.54, 1.807) is 13.3 Å². The van der Waals surface area contributed by atoms with Crippen LogP contribution < -0.4 is 10.1 Å². The molecule has 1 N–H and O–H groups in total. The number of para-hydroxylation sites is 1. The van der Waals surface area contributed by atoms with Crippen molar-refractivity contribution in [3.63, 3.8) is 0 Å². The SMILES string of the molecule is CNCc1ccnc(Cc2ccccc2OC)n1. The van der Waals surface area contributed by atoms with Crippen LogP contribution in [0.25, 0.3) is 0 Å². The van der Waals surface area contributed by atoms with Gasteiger partial charge in [-0.3, -0.25) is 0 Å². The van der Waals surface area contributed by atoms with Crippen molar-refractivity contribution in [3.8, 4) is 5.75 Å². The molecule has 0 radical (unpaired) electrons. The Kier molecular flexibility index (Phi) is 4.25. The van der Waals surface area contributed by atoms with Crippen molar-refractivity contribution in [3.05, 3.63) is 53.6 Å². The second-order valence-electron chi connectivity index (χ2n) is 3.98. The second-order valence-corrected chi connectivity index (χ2v) is 3.98. The van der Waals surface area contributed by atoms with E-state index in [0.717, 1.165) is 29.4 Å². The van der Waals surface area contributed by atoms with Crippen molar-refractivity contribution in [1.82, 2.24) is 15.3 Å². The van der Waals surface area contributed by atoms with E-state index in [2.05, 4.69) is 15.3 Å². The minimum atomic E-state index is 0.682. The molecule has 18 heavy (non-hydrogen) atoms. The number of benzene rings is 1. The lowest BCUT2D eigenvalue weighted by Crippen LogP contribution is -2.09. The lowest BCUT2D eigenvalue weighted by Gasteiger charge is -2.08. The molecule has 0 atom stereocenters. The standard InChI is InChI=1S/C14H17N3O/c1-15-10-12-7-8-16-14(17-12)9-11-5-3-4-6-13(11)18-2/h3-8,15H,9-10H2,1-2H3. The molecule has 0 spiro atoms. The van der Waals surface area contributed by atoms with Crippen molar-refractivity contribution in [1.29, 1.82) is 0 Å². The molecule has 0 fully saturated rings. The third-order valence-corrected chi connectivity index (χ3v) is 2.66. The van der Waals surface area contributed by atoms with Crippen LogP contribution in [-0.2, 0) is 13.0 Å². The fourth-order valence-electron chi connectivity index (χ4n) is 1.83. The van der Waals surface area contributed by atoms with Gasteiger partial charge in [-0.05, 0) is 19.2 Å². The van der Waals surface area contributed by atoms with Crippen LogP contribution in [0, 0.1) is 0 Å². The van der Waals surface area contributed by atoms with Crippen LogP contribution in [0.15, 0.2) is 36.5 Å². The molecular formula is C14H17N3O. The maximum atomic E-state index is 5.33. The normalized spacial score (nSPS) is 10.3. The number of ether oxygens (including phenoxy) is 1.